The molecule has 0 saturated heterocycles. The molecule has 0 saturated carbocycles. The third-order valence-electron chi connectivity index (χ3n) is 1.95. The van der Waals surface area contributed by atoms with Crippen LogP contribution in [0, 0.1) is 11.3 Å². The number of hydrogen-bond acceptors (Lipinski definition) is 5. The largest absolute Gasteiger partial charge is 0.461 e. The molecule has 96 valence electrons. The van der Waals surface area contributed by atoms with Gasteiger partial charge in [-0.3, -0.25) is 9.52 Å². The summed E-state index contributed by atoms with van der Waals surface area (Å²) in [6, 6.07) is 6.30. The second-order valence-corrected chi connectivity index (χ2v) is 4.67. The number of carbonyl (C=O) groups excluding carboxylic acids is 1. The van der Waals surface area contributed by atoms with E-state index in [2.05, 4.69) is 0 Å². The number of anilines is 1. The average Bonchev–Trinajstić information content (AvgIpc) is 2.24. The molecule has 1 aromatic rings. The average molecular weight is 269 g/mol. The summed E-state index contributed by atoms with van der Waals surface area (Å²) < 4.78 is 28.6. The van der Waals surface area contributed by atoms with E-state index in [1.807, 2.05) is 10.8 Å². The van der Waals surface area contributed by atoms with Crippen molar-refractivity contribution in [2.75, 3.05) is 4.72 Å². The minimum atomic E-state index is -3.97. The molecular weight excluding hydrogens is 258 g/mol. The van der Waals surface area contributed by atoms with Crippen LogP contribution in [-0.4, -0.2) is 14.4 Å². The van der Waals surface area contributed by atoms with Crippen LogP contribution in [0.4, 0.5) is 5.69 Å². The summed E-state index contributed by atoms with van der Waals surface area (Å²) in [6.45, 7) is 1.12. The van der Waals surface area contributed by atoms with Gasteiger partial charge < -0.3 is 4.74 Å². The van der Waals surface area contributed by atoms with Gasteiger partial charge in [0.25, 0.3) is 10.2 Å². The lowest BCUT2D eigenvalue weighted by molar-refractivity contribution is -0.142. The van der Waals surface area contributed by atoms with Crippen molar-refractivity contribution in [3.63, 3.8) is 0 Å². The molecule has 1 aromatic carbocycles. The maximum Gasteiger partial charge on any atom is 0.302 e. The van der Waals surface area contributed by atoms with Gasteiger partial charge in [0.05, 0.1) is 11.3 Å². The zero-order chi connectivity index (χ0) is 13.8. The second kappa shape index (κ2) is 5.48. The number of nitriles is 1. The summed E-state index contributed by atoms with van der Waals surface area (Å²) >= 11 is 0. The van der Waals surface area contributed by atoms with Gasteiger partial charge in [0, 0.05) is 12.5 Å². The highest BCUT2D eigenvalue weighted by atomic mass is 32.2. The van der Waals surface area contributed by atoms with Crippen LogP contribution in [0.25, 0.3) is 0 Å². The standard InChI is InChI=1S/C10H11N3O4S/c1-7(14)17-6-8-3-2-4-10(9(8)5-11)13-18(12,15)16/h2-4,13H,6H2,1H3,(H2,12,15,16). The first-order chi connectivity index (χ1) is 8.33. The molecule has 0 radical (unpaired) electrons. The van der Waals surface area contributed by atoms with Crippen LogP contribution in [0.3, 0.4) is 0 Å². The van der Waals surface area contributed by atoms with Crippen molar-refractivity contribution in [2.45, 2.75) is 13.5 Å². The SMILES string of the molecule is CC(=O)OCc1cccc(NS(N)(=O)=O)c1C#N. The number of hydrogen-bond donors (Lipinski definition) is 2. The second-order valence-electron chi connectivity index (χ2n) is 3.38. The van der Waals surface area contributed by atoms with Crippen molar-refractivity contribution in [1.82, 2.24) is 0 Å². The van der Waals surface area contributed by atoms with Crippen molar-refractivity contribution in [3.8, 4) is 6.07 Å². The van der Waals surface area contributed by atoms with Gasteiger partial charge in [-0.25, -0.2) is 5.14 Å². The summed E-state index contributed by atoms with van der Waals surface area (Å²) in [5.74, 6) is -0.497. The molecule has 0 bridgehead atoms. The lowest BCUT2D eigenvalue weighted by Gasteiger charge is -2.09. The van der Waals surface area contributed by atoms with Gasteiger partial charge in [0.15, 0.2) is 0 Å². The van der Waals surface area contributed by atoms with Crippen molar-refractivity contribution in [2.24, 2.45) is 5.14 Å². The smallest absolute Gasteiger partial charge is 0.302 e. The Morgan fingerprint density at radius 3 is 2.72 bits per heavy atom. The predicted octanol–water partition coefficient (Wildman–Crippen LogP) is 0.237. The minimum absolute atomic E-state index is 0.0460. The topological polar surface area (TPSA) is 122 Å². The molecule has 0 aliphatic heterocycles. The van der Waals surface area contributed by atoms with Gasteiger partial charge in [-0.2, -0.15) is 13.7 Å². The normalized spacial score (nSPS) is 10.5. The Balaban J connectivity index is 3.11. The maximum atomic E-state index is 10.9. The van der Waals surface area contributed by atoms with Crippen molar-refractivity contribution < 1.29 is 17.9 Å². The Bertz CT molecular complexity index is 604. The molecule has 8 heteroatoms. The van der Waals surface area contributed by atoms with Crippen LogP contribution in [0.1, 0.15) is 18.1 Å². The third-order valence-corrected chi connectivity index (χ3v) is 2.45. The molecule has 0 atom stereocenters. The number of esters is 1. The highest BCUT2D eigenvalue weighted by Gasteiger charge is 2.12. The lowest BCUT2D eigenvalue weighted by Crippen LogP contribution is -2.22. The Hall–Kier alpha value is -2.11. The molecule has 18 heavy (non-hydrogen) atoms. The Morgan fingerprint density at radius 2 is 2.22 bits per heavy atom. The Morgan fingerprint density at radius 1 is 1.56 bits per heavy atom. The fraction of sp³-hybridized carbons (Fsp3) is 0.200. The molecule has 0 aliphatic rings. The van der Waals surface area contributed by atoms with E-state index in [0.717, 1.165) is 0 Å². The van der Waals surface area contributed by atoms with Gasteiger partial charge >= 0.3 is 5.97 Å². The van der Waals surface area contributed by atoms with Crippen LogP contribution in [-0.2, 0) is 26.3 Å². The van der Waals surface area contributed by atoms with E-state index in [0.29, 0.717) is 5.56 Å². The molecule has 0 aromatic heterocycles. The quantitative estimate of drug-likeness (QED) is 0.758. The number of ether oxygens (including phenoxy) is 1. The molecule has 0 amide bonds. The molecule has 0 fully saturated rings. The number of rotatable bonds is 4. The maximum absolute atomic E-state index is 10.9. The van der Waals surface area contributed by atoms with Crippen LogP contribution >= 0.6 is 0 Å². The van der Waals surface area contributed by atoms with Crippen molar-refractivity contribution >= 4 is 21.9 Å². The van der Waals surface area contributed by atoms with Crippen LogP contribution < -0.4 is 9.86 Å². The summed E-state index contributed by atoms with van der Waals surface area (Å²) in [4.78, 5) is 10.7. The van der Waals surface area contributed by atoms with Gasteiger partial charge in [-0.1, -0.05) is 12.1 Å². The Labute approximate surface area is 104 Å². The first-order valence-corrected chi connectivity index (χ1v) is 6.34. The van der Waals surface area contributed by atoms with Crippen molar-refractivity contribution in [3.05, 3.63) is 29.3 Å². The number of nitrogens with two attached hydrogens (primary N) is 1. The van der Waals surface area contributed by atoms with Gasteiger partial charge in [0.2, 0.25) is 0 Å². The van der Waals surface area contributed by atoms with E-state index < -0.39 is 16.2 Å². The van der Waals surface area contributed by atoms with Gasteiger partial charge in [0.1, 0.15) is 12.7 Å². The van der Waals surface area contributed by atoms with E-state index in [1.165, 1.54) is 19.1 Å². The number of carbonyl (C=O) groups is 1. The van der Waals surface area contributed by atoms with Gasteiger partial charge in [-0.05, 0) is 6.07 Å². The monoisotopic (exact) mass is 269 g/mol. The van der Waals surface area contributed by atoms with E-state index >= 15 is 0 Å². The fourth-order valence-electron chi connectivity index (χ4n) is 1.27. The zero-order valence-corrected chi connectivity index (χ0v) is 10.3. The molecule has 0 unspecified atom stereocenters. The molecule has 1 rings (SSSR count). The van der Waals surface area contributed by atoms with Crippen molar-refractivity contribution in [1.29, 1.82) is 5.26 Å². The van der Waals surface area contributed by atoms with E-state index in [1.54, 1.807) is 6.07 Å². The number of nitrogens with one attached hydrogen (secondary N) is 1. The highest BCUT2D eigenvalue weighted by Crippen LogP contribution is 2.20. The summed E-state index contributed by atoms with van der Waals surface area (Å²) in [7, 11) is -3.97. The van der Waals surface area contributed by atoms with E-state index in [9.17, 15) is 13.2 Å². The first kappa shape index (κ1) is 14.0. The first-order valence-electron chi connectivity index (χ1n) is 4.79. The Kier molecular flexibility index (Phi) is 4.25. The van der Waals surface area contributed by atoms with E-state index in [4.69, 9.17) is 15.1 Å². The highest BCUT2D eigenvalue weighted by molar-refractivity contribution is 7.90. The zero-order valence-electron chi connectivity index (χ0n) is 9.50. The fourth-order valence-corrected chi connectivity index (χ4v) is 1.75. The minimum Gasteiger partial charge on any atom is -0.461 e. The predicted molar refractivity (Wildman–Crippen MR) is 63.4 cm³/mol. The summed E-state index contributed by atoms with van der Waals surface area (Å²) in [5.41, 5.74) is 0.499. The number of nitrogens with zero attached hydrogens (tertiary/aromatic N) is 1. The summed E-state index contributed by atoms with van der Waals surface area (Å²) in [6.07, 6.45) is 0. The number of benzene rings is 1. The molecule has 7 nitrogen and oxygen atoms in total. The molecule has 0 aliphatic carbocycles. The van der Waals surface area contributed by atoms with Crippen LogP contribution in [0.2, 0.25) is 0 Å². The molecular formula is C10H11N3O4S. The van der Waals surface area contributed by atoms with Crippen LogP contribution in [0.15, 0.2) is 18.2 Å². The molecule has 3 N–H and O–H groups in total. The van der Waals surface area contributed by atoms with Gasteiger partial charge in [-0.15, -0.1) is 0 Å². The third kappa shape index (κ3) is 4.04. The molecule has 0 spiro atoms. The lowest BCUT2D eigenvalue weighted by atomic mass is 10.1. The molecule has 0 heterocycles. The summed E-state index contributed by atoms with van der Waals surface area (Å²) in [5, 5.41) is 13.8. The van der Waals surface area contributed by atoms with Crippen LogP contribution in [0.5, 0.6) is 0 Å². The van der Waals surface area contributed by atoms with E-state index in [-0.39, 0.29) is 17.9 Å².